The summed E-state index contributed by atoms with van der Waals surface area (Å²) in [7, 11) is -3.50. The molecule has 1 aliphatic heterocycles. The van der Waals surface area contributed by atoms with Gasteiger partial charge in [0, 0.05) is 31.7 Å². The third kappa shape index (κ3) is 4.82. The molecule has 0 aliphatic carbocycles. The van der Waals surface area contributed by atoms with Gasteiger partial charge in [0.25, 0.3) is 5.91 Å². The Labute approximate surface area is 148 Å². The number of furan rings is 1. The number of sulfonamides is 1. The topological polar surface area (TPSA) is 91.1 Å². The predicted molar refractivity (Wildman–Crippen MR) is 92.5 cm³/mol. The van der Waals surface area contributed by atoms with Gasteiger partial charge in [-0.25, -0.2) is 8.42 Å². The van der Waals surface area contributed by atoms with E-state index in [2.05, 4.69) is 0 Å². The molecular weight excluding hydrogens is 346 g/mol. The fourth-order valence-electron chi connectivity index (χ4n) is 2.79. The SMILES string of the molecule is CC(C)(C)N(CC(=O)N1CCN(C(=O)c2ccco2)CC1)S(C)(=O)=O. The Kier molecular flexibility index (Phi) is 5.58. The molecule has 0 radical (unpaired) electrons. The van der Waals surface area contributed by atoms with Crippen LogP contribution in [-0.2, 0) is 14.8 Å². The van der Waals surface area contributed by atoms with E-state index in [4.69, 9.17) is 4.42 Å². The van der Waals surface area contributed by atoms with Crippen molar-refractivity contribution in [1.29, 1.82) is 0 Å². The molecule has 1 aromatic rings. The van der Waals surface area contributed by atoms with Gasteiger partial charge in [-0.15, -0.1) is 0 Å². The lowest BCUT2D eigenvalue weighted by atomic mass is 10.1. The van der Waals surface area contributed by atoms with Crippen molar-refractivity contribution in [3.63, 3.8) is 0 Å². The van der Waals surface area contributed by atoms with Crippen LogP contribution in [0, 0.1) is 0 Å². The van der Waals surface area contributed by atoms with Gasteiger partial charge >= 0.3 is 0 Å². The number of carbonyl (C=O) groups excluding carboxylic acids is 2. The zero-order valence-electron chi connectivity index (χ0n) is 15.1. The molecule has 1 fully saturated rings. The molecule has 2 amide bonds. The molecule has 0 saturated carbocycles. The van der Waals surface area contributed by atoms with E-state index in [1.54, 1.807) is 42.7 Å². The summed E-state index contributed by atoms with van der Waals surface area (Å²) in [6.45, 7) is 6.57. The monoisotopic (exact) mass is 371 g/mol. The van der Waals surface area contributed by atoms with Crippen LogP contribution < -0.4 is 0 Å². The van der Waals surface area contributed by atoms with Gasteiger partial charge < -0.3 is 14.2 Å². The third-order valence-corrected chi connectivity index (χ3v) is 5.56. The molecule has 1 aliphatic rings. The molecule has 0 aromatic carbocycles. The van der Waals surface area contributed by atoms with E-state index >= 15 is 0 Å². The number of rotatable bonds is 4. The van der Waals surface area contributed by atoms with Crippen molar-refractivity contribution in [3.8, 4) is 0 Å². The van der Waals surface area contributed by atoms with Crippen LogP contribution in [0.5, 0.6) is 0 Å². The molecule has 0 spiro atoms. The van der Waals surface area contributed by atoms with Crippen LogP contribution in [0.15, 0.2) is 22.8 Å². The van der Waals surface area contributed by atoms with Crippen molar-refractivity contribution in [2.75, 3.05) is 39.0 Å². The molecule has 2 heterocycles. The number of hydrogen-bond acceptors (Lipinski definition) is 5. The van der Waals surface area contributed by atoms with E-state index in [1.807, 2.05) is 0 Å². The fourth-order valence-corrected chi connectivity index (χ4v) is 4.13. The molecular formula is C16H25N3O5S. The third-order valence-electron chi connectivity index (χ3n) is 4.08. The van der Waals surface area contributed by atoms with Crippen molar-refractivity contribution in [3.05, 3.63) is 24.2 Å². The highest BCUT2D eigenvalue weighted by Crippen LogP contribution is 2.18. The zero-order chi connectivity index (χ0) is 18.8. The largest absolute Gasteiger partial charge is 0.459 e. The Hall–Kier alpha value is -1.87. The lowest BCUT2D eigenvalue weighted by molar-refractivity contribution is -0.133. The average Bonchev–Trinajstić information content (AvgIpc) is 3.04. The second-order valence-electron chi connectivity index (χ2n) is 7.09. The van der Waals surface area contributed by atoms with E-state index in [0.29, 0.717) is 26.2 Å². The average molecular weight is 371 g/mol. The van der Waals surface area contributed by atoms with Gasteiger partial charge in [0.15, 0.2) is 5.76 Å². The summed E-state index contributed by atoms with van der Waals surface area (Å²) in [5, 5.41) is 0. The lowest BCUT2D eigenvalue weighted by Gasteiger charge is -2.37. The molecule has 0 N–H and O–H groups in total. The Morgan fingerprint density at radius 3 is 2.16 bits per heavy atom. The number of nitrogens with zero attached hydrogens (tertiary/aromatic N) is 3. The number of piperazine rings is 1. The van der Waals surface area contributed by atoms with Gasteiger partial charge in [0.05, 0.1) is 19.1 Å². The van der Waals surface area contributed by atoms with Crippen LogP contribution in [0.1, 0.15) is 31.3 Å². The van der Waals surface area contributed by atoms with E-state index in [9.17, 15) is 18.0 Å². The summed E-state index contributed by atoms with van der Waals surface area (Å²) < 4.78 is 30.2. The molecule has 1 saturated heterocycles. The maximum absolute atomic E-state index is 12.5. The first-order valence-corrected chi connectivity index (χ1v) is 9.93. The minimum absolute atomic E-state index is 0.200. The van der Waals surface area contributed by atoms with Crippen LogP contribution >= 0.6 is 0 Å². The first-order chi connectivity index (χ1) is 11.5. The van der Waals surface area contributed by atoms with E-state index in [-0.39, 0.29) is 24.1 Å². The Bertz CT molecular complexity index is 713. The second-order valence-corrected chi connectivity index (χ2v) is 9.00. The van der Waals surface area contributed by atoms with Crippen molar-refractivity contribution >= 4 is 21.8 Å². The molecule has 2 rings (SSSR count). The van der Waals surface area contributed by atoms with Gasteiger partial charge in [-0.05, 0) is 32.9 Å². The minimum Gasteiger partial charge on any atom is -0.459 e. The van der Waals surface area contributed by atoms with E-state index in [0.717, 1.165) is 6.26 Å². The highest BCUT2D eigenvalue weighted by atomic mass is 32.2. The Morgan fingerprint density at radius 1 is 1.16 bits per heavy atom. The first-order valence-electron chi connectivity index (χ1n) is 8.08. The van der Waals surface area contributed by atoms with E-state index in [1.165, 1.54) is 10.6 Å². The second kappa shape index (κ2) is 7.17. The minimum atomic E-state index is -3.50. The standard InChI is InChI=1S/C16H25N3O5S/c1-16(2,3)19(25(4,22)23)12-14(20)17-7-9-18(10-8-17)15(21)13-6-5-11-24-13/h5-6,11H,7-10,12H2,1-4H3. The summed E-state index contributed by atoms with van der Waals surface area (Å²) in [5.74, 6) is -0.189. The fraction of sp³-hybridized carbons (Fsp3) is 0.625. The molecule has 0 atom stereocenters. The summed E-state index contributed by atoms with van der Waals surface area (Å²) in [6, 6.07) is 3.26. The van der Waals surface area contributed by atoms with E-state index < -0.39 is 15.6 Å². The van der Waals surface area contributed by atoms with Crippen molar-refractivity contribution in [2.24, 2.45) is 0 Å². The van der Waals surface area contributed by atoms with Crippen LogP contribution in [0.2, 0.25) is 0 Å². The number of hydrogen-bond donors (Lipinski definition) is 0. The molecule has 0 unspecified atom stereocenters. The summed E-state index contributed by atoms with van der Waals surface area (Å²) in [5.41, 5.74) is -0.680. The quantitative estimate of drug-likeness (QED) is 0.774. The van der Waals surface area contributed by atoms with Crippen LogP contribution in [0.3, 0.4) is 0 Å². The lowest BCUT2D eigenvalue weighted by Crippen LogP contribution is -2.55. The maximum atomic E-state index is 12.5. The van der Waals surface area contributed by atoms with Crippen LogP contribution in [0.4, 0.5) is 0 Å². The predicted octanol–water partition coefficient (Wildman–Crippen LogP) is 0.624. The molecule has 25 heavy (non-hydrogen) atoms. The first kappa shape index (κ1) is 19.5. The summed E-state index contributed by atoms with van der Waals surface area (Å²) in [6.07, 6.45) is 2.55. The number of amides is 2. The highest BCUT2D eigenvalue weighted by Gasteiger charge is 2.34. The maximum Gasteiger partial charge on any atom is 0.289 e. The van der Waals surface area contributed by atoms with Crippen LogP contribution in [-0.4, -0.2) is 78.9 Å². The molecule has 0 bridgehead atoms. The van der Waals surface area contributed by atoms with Gasteiger partial charge in [0.1, 0.15) is 0 Å². The van der Waals surface area contributed by atoms with Crippen molar-refractivity contribution in [2.45, 2.75) is 26.3 Å². The molecule has 8 nitrogen and oxygen atoms in total. The smallest absolute Gasteiger partial charge is 0.289 e. The summed E-state index contributed by atoms with van der Waals surface area (Å²) >= 11 is 0. The highest BCUT2D eigenvalue weighted by molar-refractivity contribution is 7.88. The molecule has 9 heteroatoms. The summed E-state index contributed by atoms with van der Waals surface area (Å²) in [4.78, 5) is 27.9. The Balaban J connectivity index is 1.96. The van der Waals surface area contributed by atoms with Gasteiger partial charge in [0.2, 0.25) is 15.9 Å². The van der Waals surface area contributed by atoms with Gasteiger partial charge in [-0.3, -0.25) is 9.59 Å². The van der Waals surface area contributed by atoms with Crippen molar-refractivity contribution in [1.82, 2.24) is 14.1 Å². The normalized spacial score (nSPS) is 16.4. The van der Waals surface area contributed by atoms with Gasteiger partial charge in [-0.2, -0.15) is 4.31 Å². The zero-order valence-corrected chi connectivity index (χ0v) is 15.9. The number of carbonyl (C=O) groups is 2. The Morgan fingerprint density at radius 2 is 1.72 bits per heavy atom. The molecule has 1 aromatic heterocycles. The van der Waals surface area contributed by atoms with Gasteiger partial charge in [-0.1, -0.05) is 0 Å². The van der Waals surface area contributed by atoms with Crippen LogP contribution in [0.25, 0.3) is 0 Å². The molecule has 140 valence electrons. The van der Waals surface area contributed by atoms with Crippen molar-refractivity contribution < 1.29 is 22.4 Å².